The molecule has 0 fully saturated rings. The van der Waals surface area contributed by atoms with Gasteiger partial charge in [-0.05, 0) is 0 Å². The van der Waals surface area contributed by atoms with Crippen molar-refractivity contribution in [2.75, 3.05) is 0 Å². The average molecular weight is 180 g/mol. The van der Waals surface area contributed by atoms with Gasteiger partial charge < -0.3 is 0 Å². The summed E-state index contributed by atoms with van der Waals surface area (Å²) in [5.74, 6) is 0. The summed E-state index contributed by atoms with van der Waals surface area (Å²) < 4.78 is 0. The van der Waals surface area contributed by atoms with Crippen LogP contribution in [0.5, 0.6) is 0 Å². The molecule has 11 heavy (non-hydrogen) atoms. The fourth-order valence-corrected chi connectivity index (χ4v) is 1.66. The van der Waals surface area contributed by atoms with Crippen LogP contribution in [-0.2, 0) is 0 Å². The molecule has 0 saturated heterocycles. The average Bonchev–Trinajstić information content (AvgIpc) is 1.90. The van der Waals surface area contributed by atoms with Crippen LogP contribution in [0.1, 0.15) is 40.0 Å². The van der Waals surface area contributed by atoms with Crippen molar-refractivity contribution in [3.63, 3.8) is 0 Å². The zero-order valence-electron chi connectivity index (χ0n) is 7.82. The molecular formula is C9H22BK. The van der Waals surface area contributed by atoms with E-state index in [0.717, 1.165) is 6.71 Å². The van der Waals surface area contributed by atoms with E-state index in [0.29, 0.717) is 0 Å². The molecular weight excluding hydrogens is 158 g/mol. The topological polar surface area (TPSA) is 0 Å². The number of hydrogen-bond donors (Lipinski definition) is 0. The van der Waals surface area contributed by atoms with Crippen molar-refractivity contribution < 1.29 is 0 Å². The van der Waals surface area contributed by atoms with E-state index in [1.165, 1.54) is 38.2 Å². The second-order valence-electron chi connectivity index (χ2n) is 3.23. The van der Waals surface area contributed by atoms with Crippen LogP contribution < -0.4 is 0 Å². The summed E-state index contributed by atoms with van der Waals surface area (Å²) in [6, 6.07) is 0. The van der Waals surface area contributed by atoms with E-state index in [2.05, 4.69) is 20.8 Å². The normalized spacial score (nSPS) is 9.00. The third-order valence-electron chi connectivity index (χ3n) is 2.09. The predicted octanol–water partition coefficient (Wildman–Crippen LogP) is 3.06. The summed E-state index contributed by atoms with van der Waals surface area (Å²) >= 11 is 0. The first kappa shape index (κ1) is 15.2. The first-order valence-electron chi connectivity index (χ1n) is 4.85. The molecule has 0 radical (unpaired) electrons. The van der Waals surface area contributed by atoms with Gasteiger partial charge >= 0.3 is 51.4 Å². The van der Waals surface area contributed by atoms with Gasteiger partial charge in [-0.1, -0.05) is 59.0 Å². The maximum atomic E-state index is 2.29. The first-order chi connectivity index (χ1) is 4.85. The first-order valence-corrected chi connectivity index (χ1v) is 4.85. The fourth-order valence-electron chi connectivity index (χ4n) is 1.66. The van der Waals surface area contributed by atoms with Crippen molar-refractivity contribution in [3.05, 3.63) is 0 Å². The Hall–Kier alpha value is 1.70. The monoisotopic (exact) mass is 180 g/mol. The molecule has 0 rings (SSSR count). The van der Waals surface area contributed by atoms with Crippen LogP contribution in [0.2, 0.25) is 19.0 Å². The molecule has 0 heterocycles. The summed E-state index contributed by atoms with van der Waals surface area (Å²) in [5.41, 5.74) is 0. The summed E-state index contributed by atoms with van der Waals surface area (Å²) in [7, 11) is 0. The SMILES string of the molecule is CCCB(CCC)CCC.[KH]. The van der Waals surface area contributed by atoms with Crippen molar-refractivity contribution >= 4 is 58.1 Å². The molecule has 0 amide bonds. The standard InChI is InChI=1S/C9H21B.K.H/c1-4-7-10(8-5-2)9-6-3;;/h4-9H2,1-3H3;;. The molecule has 0 aromatic heterocycles. The molecule has 0 bridgehead atoms. The van der Waals surface area contributed by atoms with Crippen molar-refractivity contribution in [2.24, 2.45) is 0 Å². The van der Waals surface area contributed by atoms with E-state index >= 15 is 0 Å². The van der Waals surface area contributed by atoms with Crippen LogP contribution in [0.15, 0.2) is 0 Å². The van der Waals surface area contributed by atoms with Crippen LogP contribution in [0.25, 0.3) is 0 Å². The molecule has 0 N–H and O–H groups in total. The quantitative estimate of drug-likeness (QED) is 0.551. The summed E-state index contributed by atoms with van der Waals surface area (Å²) in [4.78, 5) is 0. The van der Waals surface area contributed by atoms with Gasteiger partial charge in [-0.3, -0.25) is 0 Å². The molecule has 0 unspecified atom stereocenters. The van der Waals surface area contributed by atoms with E-state index in [1.54, 1.807) is 0 Å². The minimum absolute atomic E-state index is 0. The molecule has 0 atom stereocenters. The zero-order valence-corrected chi connectivity index (χ0v) is 7.82. The molecule has 0 aromatic rings. The van der Waals surface area contributed by atoms with Gasteiger partial charge in [0, 0.05) is 0 Å². The Kier molecular flexibility index (Phi) is 16.2. The van der Waals surface area contributed by atoms with Gasteiger partial charge in [-0.15, -0.1) is 0 Å². The third kappa shape index (κ3) is 9.62. The number of hydrogen-bond acceptors (Lipinski definition) is 0. The van der Waals surface area contributed by atoms with E-state index in [-0.39, 0.29) is 51.4 Å². The van der Waals surface area contributed by atoms with Gasteiger partial charge in [0.1, 0.15) is 6.71 Å². The van der Waals surface area contributed by atoms with E-state index in [4.69, 9.17) is 0 Å². The zero-order chi connectivity index (χ0) is 7.82. The molecule has 62 valence electrons. The van der Waals surface area contributed by atoms with Crippen LogP contribution in [0, 0.1) is 0 Å². The Labute approximate surface area is 115 Å². The summed E-state index contributed by atoms with van der Waals surface area (Å²) in [6.07, 6.45) is 8.44. The molecule has 0 aliphatic rings. The Morgan fingerprint density at radius 1 is 0.727 bits per heavy atom. The summed E-state index contributed by atoms with van der Waals surface area (Å²) in [6.45, 7) is 7.90. The Morgan fingerprint density at radius 3 is 1.18 bits per heavy atom. The van der Waals surface area contributed by atoms with Crippen LogP contribution in [0.4, 0.5) is 0 Å². The molecule has 0 saturated carbocycles. The van der Waals surface area contributed by atoms with Crippen molar-refractivity contribution in [3.8, 4) is 0 Å². The number of rotatable bonds is 6. The van der Waals surface area contributed by atoms with Gasteiger partial charge in [0.25, 0.3) is 0 Å². The Bertz CT molecular complexity index is 52.3. The van der Waals surface area contributed by atoms with Crippen molar-refractivity contribution in [1.29, 1.82) is 0 Å². The molecule has 0 aromatic carbocycles. The molecule has 0 nitrogen and oxygen atoms in total. The van der Waals surface area contributed by atoms with Crippen LogP contribution in [-0.4, -0.2) is 58.1 Å². The minimum atomic E-state index is 0. The van der Waals surface area contributed by atoms with Crippen LogP contribution in [0.3, 0.4) is 0 Å². The second kappa shape index (κ2) is 11.7. The Morgan fingerprint density at radius 2 is 1.00 bits per heavy atom. The molecule has 0 aliphatic heterocycles. The summed E-state index contributed by atoms with van der Waals surface area (Å²) in [5, 5.41) is 0. The van der Waals surface area contributed by atoms with Crippen molar-refractivity contribution in [1.82, 2.24) is 0 Å². The van der Waals surface area contributed by atoms with Gasteiger partial charge in [0.2, 0.25) is 0 Å². The second-order valence-corrected chi connectivity index (χ2v) is 3.23. The Balaban J connectivity index is 0. The van der Waals surface area contributed by atoms with E-state index in [9.17, 15) is 0 Å². The third-order valence-corrected chi connectivity index (χ3v) is 2.09. The van der Waals surface area contributed by atoms with Gasteiger partial charge in [0.15, 0.2) is 0 Å². The predicted molar refractivity (Wildman–Crippen MR) is 58.2 cm³/mol. The molecule has 0 spiro atoms. The molecule has 2 heteroatoms. The molecule has 0 aliphatic carbocycles. The maximum absolute atomic E-state index is 2.29. The van der Waals surface area contributed by atoms with Crippen molar-refractivity contribution in [2.45, 2.75) is 59.0 Å². The van der Waals surface area contributed by atoms with Gasteiger partial charge in [0.05, 0.1) is 0 Å². The van der Waals surface area contributed by atoms with E-state index < -0.39 is 0 Å². The van der Waals surface area contributed by atoms with E-state index in [1.807, 2.05) is 0 Å². The van der Waals surface area contributed by atoms with Gasteiger partial charge in [-0.2, -0.15) is 0 Å². The fraction of sp³-hybridized carbons (Fsp3) is 1.00. The van der Waals surface area contributed by atoms with Gasteiger partial charge in [-0.25, -0.2) is 0 Å². The van der Waals surface area contributed by atoms with Crippen LogP contribution >= 0.6 is 0 Å².